The normalized spacial score (nSPS) is 17.5. The van der Waals surface area contributed by atoms with Gasteiger partial charge in [0.2, 0.25) is 11.8 Å². The predicted octanol–water partition coefficient (Wildman–Crippen LogP) is 2.45. The number of allylic oxidation sites excluding steroid dienone is 2. The number of amides is 2. The number of nitrogens with two attached hydrogens (primary N) is 1. The van der Waals surface area contributed by atoms with Gasteiger partial charge in [0.1, 0.15) is 18.4 Å². The highest BCUT2D eigenvalue weighted by Gasteiger charge is 2.23. The third kappa shape index (κ3) is 6.25. The van der Waals surface area contributed by atoms with Crippen LogP contribution in [0.15, 0.2) is 53.4 Å². The molecule has 0 bridgehead atoms. The van der Waals surface area contributed by atoms with Crippen LogP contribution in [-0.4, -0.2) is 35.5 Å². The number of rotatable bonds is 9. The Kier molecular flexibility index (Phi) is 8.09. The summed E-state index contributed by atoms with van der Waals surface area (Å²) in [6.45, 7) is 5.18. The highest BCUT2D eigenvalue weighted by molar-refractivity contribution is 5.94. The summed E-state index contributed by atoms with van der Waals surface area (Å²) in [5, 5.41) is 7.00. The van der Waals surface area contributed by atoms with E-state index in [-0.39, 0.29) is 12.6 Å². The van der Waals surface area contributed by atoms with Crippen LogP contribution in [0.2, 0.25) is 0 Å². The van der Waals surface area contributed by atoms with Crippen molar-refractivity contribution in [3.8, 4) is 5.75 Å². The average molecular weight is 400 g/mol. The number of hydrazine groups is 1. The highest BCUT2D eigenvalue weighted by atomic mass is 16.5. The summed E-state index contributed by atoms with van der Waals surface area (Å²) in [7, 11) is 0. The van der Waals surface area contributed by atoms with Crippen LogP contribution in [0.1, 0.15) is 32.8 Å². The molecule has 0 radical (unpaired) electrons. The number of nitroso groups, excluding NO2 is 1. The van der Waals surface area contributed by atoms with Gasteiger partial charge in [0.15, 0.2) is 0 Å². The highest BCUT2D eigenvalue weighted by Crippen LogP contribution is 2.18. The van der Waals surface area contributed by atoms with Crippen LogP contribution in [0, 0.1) is 10.8 Å². The number of nitrogens with zero attached hydrogens (tertiary/aromatic N) is 2. The summed E-state index contributed by atoms with van der Waals surface area (Å²) in [4.78, 5) is 34.5. The first-order valence-corrected chi connectivity index (χ1v) is 9.62. The van der Waals surface area contributed by atoms with Crippen molar-refractivity contribution in [2.24, 2.45) is 16.9 Å². The van der Waals surface area contributed by atoms with Crippen LogP contribution in [0.3, 0.4) is 0 Å². The fourth-order valence-corrected chi connectivity index (χ4v) is 2.93. The largest absolute Gasteiger partial charge is 0.491 e. The van der Waals surface area contributed by atoms with Crippen molar-refractivity contribution in [3.63, 3.8) is 0 Å². The van der Waals surface area contributed by atoms with E-state index in [1.54, 1.807) is 19.1 Å². The number of benzene rings is 1. The zero-order chi connectivity index (χ0) is 21.4. The zero-order valence-corrected chi connectivity index (χ0v) is 17.0. The summed E-state index contributed by atoms with van der Waals surface area (Å²) >= 11 is 0. The van der Waals surface area contributed by atoms with Crippen molar-refractivity contribution >= 4 is 11.8 Å². The second kappa shape index (κ2) is 10.5. The summed E-state index contributed by atoms with van der Waals surface area (Å²) in [6, 6.07) is 6.48. The maximum Gasteiger partial charge on any atom is 0.246 e. The van der Waals surface area contributed by atoms with Gasteiger partial charge in [-0.05, 0) is 36.1 Å². The van der Waals surface area contributed by atoms with Crippen LogP contribution in [0.25, 0.3) is 0 Å². The summed E-state index contributed by atoms with van der Waals surface area (Å²) in [5.41, 5.74) is 2.07. The number of nitrogens with one attached hydrogen (secondary N) is 1. The first-order chi connectivity index (χ1) is 13.8. The average Bonchev–Trinajstić information content (AvgIpc) is 2.74. The summed E-state index contributed by atoms with van der Waals surface area (Å²) in [6.07, 6.45) is 7.18. The van der Waals surface area contributed by atoms with Gasteiger partial charge < -0.3 is 10.1 Å². The number of carbonyl (C=O) groups is 2. The van der Waals surface area contributed by atoms with Gasteiger partial charge in [-0.15, -0.1) is 0 Å². The Labute approximate surface area is 170 Å². The van der Waals surface area contributed by atoms with Gasteiger partial charge in [-0.2, -0.15) is 4.91 Å². The number of carbonyl (C=O) groups excluding carboxylic acids is 2. The lowest BCUT2D eigenvalue weighted by Gasteiger charge is -2.22. The van der Waals surface area contributed by atoms with Crippen LogP contribution in [0.5, 0.6) is 5.75 Å². The summed E-state index contributed by atoms with van der Waals surface area (Å²) < 4.78 is 5.71. The van der Waals surface area contributed by atoms with E-state index in [0.717, 1.165) is 17.6 Å². The molecule has 3 atom stereocenters. The number of ether oxygens (including phenoxy) is 1. The maximum absolute atomic E-state index is 12.1. The Morgan fingerprint density at radius 3 is 2.52 bits per heavy atom. The van der Waals surface area contributed by atoms with Gasteiger partial charge in [-0.3, -0.25) is 9.59 Å². The number of hydrogen-bond acceptors (Lipinski definition) is 7. The Balaban J connectivity index is 1.88. The van der Waals surface area contributed by atoms with E-state index in [1.165, 1.54) is 6.92 Å². The smallest absolute Gasteiger partial charge is 0.246 e. The Hall–Kier alpha value is -3.00. The molecule has 1 heterocycles. The lowest BCUT2D eigenvalue weighted by Crippen LogP contribution is -2.44. The van der Waals surface area contributed by atoms with E-state index in [4.69, 9.17) is 10.6 Å². The molecule has 1 aromatic rings. The molecule has 2 amide bonds. The predicted molar refractivity (Wildman–Crippen MR) is 111 cm³/mol. The molecule has 0 spiro atoms. The minimum Gasteiger partial charge on any atom is -0.491 e. The van der Waals surface area contributed by atoms with Crippen molar-refractivity contribution in [2.75, 3.05) is 6.61 Å². The van der Waals surface area contributed by atoms with Crippen LogP contribution in [0.4, 0.5) is 0 Å². The first kappa shape index (κ1) is 22.3. The monoisotopic (exact) mass is 400 g/mol. The molecule has 156 valence electrons. The number of hydrogen-bond donors (Lipinski definition) is 2. The third-order valence-electron chi connectivity index (χ3n) is 4.82. The lowest BCUT2D eigenvalue weighted by molar-refractivity contribution is -0.146. The van der Waals surface area contributed by atoms with E-state index >= 15 is 0 Å². The molecule has 29 heavy (non-hydrogen) atoms. The second-order valence-electron chi connectivity index (χ2n) is 7.08. The standard InChI is InChI=1S/C21H28N4O4/c1-4-16-7-10-19(23-12-16)20(24-28)13-29-18-8-5-17(6-9-18)11-14(2)21(27)25(22)15(3)26/h5-10,12,14,19-20,23H,4,11,13,22H2,1-3H3/t14?,19?,20-/m1/s1. The van der Waals surface area contributed by atoms with E-state index in [9.17, 15) is 14.5 Å². The molecule has 1 aromatic carbocycles. The van der Waals surface area contributed by atoms with Crippen LogP contribution < -0.4 is 15.9 Å². The molecular weight excluding hydrogens is 372 g/mol. The van der Waals surface area contributed by atoms with Gasteiger partial charge in [-0.1, -0.05) is 43.3 Å². The fourth-order valence-electron chi connectivity index (χ4n) is 2.93. The van der Waals surface area contributed by atoms with E-state index in [1.807, 2.05) is 30.5 Å². The minimum absolute atomic E-state index is 0.149. The molecule has 8 heteroatoms. The molecule has 0 saturated carbocycles. The fraction of sp³-hybridized carbons (Fsp3) is 0.429. The zero-order valence-electron chi connectivity index (χ0n) is 17.0. The van der Waals surface area contributed by atoms with Crippen molar-refractivity contribution in [2.45, 2.75) is 45.7 Å². The first-order valence-electron chi connectivity index (χ1n) is 9.62. The van der Waals surface area contributed by atoms with Crippen LogP contribution in [-0.2, 0) is 16.0 Å². The van der Waals surface area contributed by atoms with E-state index in [2.05, 4.69) is 17.4 Å². The molecule has 0 aliphatic carbocycles. The molecule has 0 fully saturated rings. The number of imide groups is 1. The quantitative estimate of drug-likeness (QED) is 0.285. The maximum atomic E-state index is 12.1. The van der Waals surface area contributed by atoms with Crippen molar-refractivity contribution in [3.05, 3.63) is 58.7 Å². The topological polar surface area (TPSA) is 114 Å². The van der Waals surface area contributed by atoms with Gasteiger partial charge in [-0.25, -0.2) is 10.9 Å². The van der Waals surface area contributed by atoms with Gasteiger partial charge in [0.25, 0.3) is 0 Å². The summed E-state index contributed by atoms with van der Waals surface area (Å²) in [5.74, 6) is 4.73. The molecule has 2 unspecified atom stereocenters. The third-order valence-corrected chi connectivity index (χ3v) is 4.82. The second-order valence-corrected chi connectivity index (χ2v) is 7.08. The van der Waals surface area contributed by atoms with Gasteiger partial charge in [0, 0.05) is 19.0 Å². The Morgan fingerprint density at radius 1 is 1.31 bits per heavy atom. The SMILES string of the molecule is CCC1=CNC([C@@H](COc2ccc(CC(C)C(=O)N(N)C(C)=O)cc2)N=O)C=C1. The minimum atomic E-state index is -0.555. The molecular formula is C21H28N4O4. The molecule has 0 saturated heterocycles. The molecule has 8 nitrogen and oxygen atoms in total. The van der Waals surface area contributed by atoms with E-state index in [0.29, 0.717) is 17.2 Å². The van der Waals surface area contributed by atoms with Crippen molar-refractivity contribution in [1.29, 1.82) is 0 Å². The van der Waals surface area contributed by atoms with Crippen molar-refractivity contribution < 1.29 is 14.3 Å². The van der Waals surface area contributed by atoms with Gasteiger partial charge in [0.05, 0.1) is 6.04 Å². The molecule has 0 aromatic heterocycles. The van der Waals surface area contributed by atoms with Gasteiger partial charge >= 0.3 is 0 Å². The van der Waals surface area contributed by atoms with Crippen LogP contribution >= 0.6 is 0 Å². The van der Waals surface area contributed by atoms with Crippen molar-refractivity contribution in [1.82, 2.24) is 10.3 Å². The van der Waals surface area contributed by atoms with E-state index < -0.39 is 23.8 Å². The molecule has 2 rings (SSSR count). The lowest BCUT2D eigenvalue weighted by atomic mass is 10.00. The molecule has 1 aliphatic rings. The Morgan fingerprint density at radius 2 is 2.00 bits per heavy atom. The molecule has 3 N–H and O–H groups in total. The molecule has 1 aliphatic heterocycles. The number of dihydropyridines is 1. The Bertz CT molecular complexity index is 788.